The summed E-state index contributed by atoms with van der Waals surface area (Å²) in [5, 5.41) is 3.12. The zero-order valence-corrected chi connectivity index (χ0v) is 14.7. The molecule has 2 aromatic carbocycles. The van der Waals surface area contributed by atoms with E-state index in [9.17, 15) is 18.0 Å². The zero-order valence-electron chi connectivity index (χ0n) is 13.9. The maximum atomic E-state index is 12.6. The number of benzene rings is 2. The number of amides is 2. The summed E-state index contributed by atoms with van der Waals surface area (Å²) in [4.78, 5) is 24.3. The lowest BCUT2D eigenvalue weighted by Crippen LogP contribution is -2.17. The summed E-state index contributed by atoms with van der Waals surface area (Å²) in [6.45, 7) is 1.53. The summed E-state index contributed by atoms with van der Waals surface area (Å²) in [5.74, 6) is -1.64. The van der Waals surface area contributed by atoms with Crippen molar-refractivity contribution < 1.29 is 22.4 Å². The summed E-state index contributed by atoms with van der Waals surface area (Å²) in [6.07, 6.45) is 0. The average Bonchev–Trinajstić information content (AvgIpc) is 3.01. The molecule has 0 unspecified atom stereocenters. The molecule has 0 radical (unpaired) electrons. The van der Waals surface area contributed by atoms with Crippen LogP contribution in [0.2, 0.25) is 0 Å². The van der Waals surface area contributed by atoms with Gasteiger partial charge in [-0.15, -0.1) is 0 Å². The number of carbonyl (C=O) groups excluding carboxylic acids is 2. The molecule has 0 aliphatic rings. The number of hydrogen-bond acceptors (Lipinski definition) is 5. The Kier molecular flexibility index (Phi) is 4.52. The lowest BCUT2D eigenvalue weighted by molar-refractivity contribution is 0.0977. The summed E-state index contributed by atoms with van der Waals surface area (Å²) in [7, 11) is -3.45. The molecule has 7 nitrogen and oxygen atoms in total. The van der Waals surface area contributed by atoms with Gasteiger partial charge in [-0.2, -0.15) is 0 Å². The fraction of sp³-hybridized carbons (Fsp3) is 0.111. The van der Waals surface area contributed by atoms with Crippen molar-refractivity contribution in [2.75, 3.05) is 11.1 Å². The Balaban J connectivity index is 2.02. The van der Waals surface area contributed by atoms with Crippen molar-refractivity contribution in [2.24, 2.45) is 5.73 Å². The van der Waals surface area contributed by atoms with E-state index in [0.717, 1.165) is 0 Å². The van der Waals surface area contributed by atoms with Crippen LogP contribution in [0.1, 0.15) is 27.8 Å². The maximum absolute atomic E-state index is 12.6. The monoisotopic (exact) mass is 372 g/mol. The number of furan rings is 1. The van der Waals surface area contributed by atoms with Crippen LogP contribution in [-0.2, 0) is 9.84 Å². The minimum atomic E-state index is -3.45. The summed E-state index contributed by atoms with van der Waals surface area (Å²) in [5.41, 5.74) is 6.02. The molecule has 3 rings (SSSR count). The highest BCUT2D eigenvalue weighted by Crippen LogP contribution is 2.31. The Morgan fingerprint density at radius 2 is 1.85 bits per heavy atom. The lowest BCUT2D eigenvalue weighted by Gasteiger charge is -2.07. The number of hydrogen-bond donors (Lipinski definition) is 2. The van der Waals surface area contributed by atoms with Gasteiger partial charge in [-0.05, 0) is 30.3 Å². The number of fused-ring (bicyclic) bond motifs is 1. The Morgan fingerprint density at radius 1 is 1.12 bits per heavy atom. The second-order valence-electron chi connectivity index (χ2n) is 5.55. The van der Waals surface area contributed by atoms with E-state index in [0.29, 0.717) is 11.0 Å². The topological polar surface area (TPSA) is 119 Å². The van der Waals surface area contributed by atoms with Gasteiger partial charge in [-0.1, -0.05) is 25.1 Å². The van der Waals surface area contributed by atoms with E-state index in [1.165, 1.54) is 31.2 Å². The first-order valence-corrected chi connectivity index (χ1v) is 9.44. The van der Waals surface area contributed by atoms with E-state index in [1.54, 1.807) is 24.3 Å². The second-order valence-corrected chi connectivity index (χ2v) is 7.83. The lowest BCUT2D eigenvalue weighted by atomic mass is 10.2. The molecule has 26 heavy (non-hydrogen) atoms. The molecule has 8 heteroatoms. The van der Waals surface area contributed by atoms with Crippen molar-refractivity contribution in [3.63, 3.8) is 0 Å². The van der Waals surface area contributed by atoms with Crippen LogP contribution in [0.15, 0.2) is 57.8 Å². The van der Waals surface area contributed by atoms with Gasteiger partial charge in [0.25, 0.3) is 11.8 Å². The van der Waals surface area contributed by atoms with Crippen molar-refractivity contribution in [1.29, 1.82) is 0 Å². The van der Waals surface area contributed by atoms with Crippen molar-refractivity contribution in [3.05, 3.63) is 59.9 Å². The molecule has 0 aliphatic heterocycles. The Morgan fingerprint density at radius 3 is 2.54 bits per heavy atom. The highest BCUT2D eigenvalue weighted by atomic mass is 32.2. The van der Waals surface area contributed by atoms with Crippen LogP contribution in [0.4, 0.5) is 5.69 Å². The third-order valence-corrected chi connectivity index (χ3v) is 5.63. The zero-order chi connectivity index (χ0) is 18.9. The van der Waals surface area contributed by atoms with Crippen LogP contribution in [0.25, 0.3) is 11.0 Å². The van der Waals surface area contributed by atoms with Crippen LogP contribution < -0.4 is 11.1 Å². The smallest absolute Gasteiger partial charge is 0.286 e. The van der Waals surface area contributed by atoms with Crippen molar-refractivity contribution in [1.82, 2.24) is 0 Å². The van der Waals surface area contributed by atoms with Crippen LogP contribution in [0.5, 0.6) is 0 Å². The molecule has 3 N–H and O–H groups in total. The normalized spacial score (nSPS) is 11.4. The number of nitrogens with two attached hydrogens (primary N) is 1. The molecule has 0 saturated carbocycles. The van der Waals surface area contributed by atoms with E-state index in [1.807, 2.05) is 0 Å². The highest BCUT2D eigenvalue weighted by molar-refractivity contribution is 7.91. The molecule has 0 bridgehead atoms. The third kappa shape index (κ3) is 3.18. The van der Waals surface area contributed by atoms with Gasteiger partial charge in [0, 0.05) is 10.9 Å². The number of para-hydroxylation sites is 1. The molecule has 3 aromatic rings. The number of carbonyl (C=O) groups is 2. The van der Waals surface area contributed by atoms with Gasteiger partial charge in [0.1, 0.15) is 11.3 Å². The van der Waals surface area contributed by atoms with Crippen LogP contribution in [0, 0.1) is 0 Å². The Bertz CT molecular complexity index is 1120. The van der Waals surface area contributed by atoms with Crippen LogP contribution in [-0.4, -0.2) is 26.0 Å². The van der Waals surface area contributed by atoms with Crippen molar-refractivity contribution in [2.45, 2.75) is 11.8 Å². The second kappa shape index (κ2) is 6.64. The molecule has 0 fully saturated rings. The van der Waals surface area contributed by atoms with Crippen molar-refractivity contribution >= 4 is 38.3 Å². The number of nitrogens with one attached hydrogen (secondary N) is 1. The standard InChI is InChI=1S/C18H16N2O5S/c1-2-26(23,24)12-7-5-6-11(10-12)18(22)20-15-13-8-3-4-9-14(13)25-16(15)17(19)21/h3-10H,2H2,1H3,(H2,19,21)(H,20,22). The van der Waals surface area contributed by atoms with E-state index >= 15 is 0 Å². The maximum Gasteiger partial charge on any atom is 0.286 e. The minimum absolute atomic E-state index is 0.0554. The molecular formula is C18H16N2O5S. The molecule has 1 heterocycles. The number of primary amides is 1. The number of sulfone groups is 1. The number of rotatable bonds is 5. The Hall–Kier alpha value is -3.13. The predicted octanol–water partition coefficient (Wildman–Crippen LogP) is 2.58. The average molecular weight is 372 g/mol. The number of anilines is 1. The first-order chi connectivity index (χ1) is 12.3. The fourth-order valence-electron chi connectivity index (χ4n) is 2.53. The fourth-order valence-corrected chi connectivity index (χ4v) is 3.45. The van der Waals surface area contributed by atoms with Crippen LogP contribution >= 0.6 is 0 Å². The Labute approximate surface area is 149 Å². The first kappa shape index (κ1) is 17.7. The molecule has 0 aliphatic carbocycles. The quantitative estimate of drug-likeness (QED) is 0.713. The molecule has 1 aromatic heterocycles. The third-order valence-electron chi connectivity index (χ3n) is 3.89. The van der Waals surface area contributed by atoms with Gasteiger partial charge < -0.3 is 15.5 Å². The minimum Gasteiger partial charge on any atom is -0.449 e. The van der Waals surface area contributed by atoms with Gasteiger partial charge in [0.05, 0.1) is 10.6 Å². The van der Waals surface area contributed by atoms with Crippen molar-refractivity contribution in [3.8, 4) is 0 Å². The molecule has 0 saturated heterocycles. The summed E-state index contributed by atoms with van der Waals surface area (Å²) >= 11 is 0. The first-order valence-electron chi connectivity index (χ1n) is 7.79. The van der Waals surface area contributed by atoms with Gasteiger partial charge in [0.2, 0.25) is 5.76 Å². The summed E-state index contributed by atoms with van der Waals surface area (Å²) in [6, 6.07) is 12.5. The largest absolute Gasteiger partial charge is 0.449 e. The predicted molar refractivity (Wildman–Crippen MR) is 96.9 cm³/mol. The van der Waals surface area contributed by atoms with Gasteiger partial charge >= 0.3 is 0 Å². The molecule has 0 atom stereocenters. The molecule has 134 valence electrons. The molecule has 0 spiro atoms. The van der Waals surface area contributed by atoms with Gasteiger partial charge in [-0.3, -0.25) is 9.59 Å². The van der Waals surface area contributed by atoms with E-state index in [4.69, 9.17) is 10.2 Å². The molecular weight excluding hydrogens is 356 g/mol. The van der Waals surface area contributed by atoms with Gasteiger partial charge in [-0.25, -0.2) is 8.42 Å². The van der Waals surface area contributed by atoms with E-state index in [-0.39, 0.29) is 27.7 Å². The van der Waals surface area contributed by atoms with Crippen LogP contribution in [0.3, 0.4) is 0 Å². The van der Waals surface area contributed by atoms with E-state index < -0.39 is 21.7 Å². The summed E-state index contributed by atoms with van der Waals surface area (Å²) < 4.78 is 29.4. The van der Waals surface area contributed by atoms with Gasteiger partial charge in [0.15, 0.2) is 9.84 Å². The SMILES string of the molecule is CCS(=O)(=O)c1cccc(C(=O)Nc2c(C(N)=O)oc3ccccc23)c1. The highest BCUT2D eigenvalue weighted by Gasteiger charge is 2.21. The van der Waals surface area contributed by atoms with E-state index in [2.05, 4.69) is 5.32 Å². The molecule has 2 amide bonds.